The van der Waals surface area contributed by atoms with E-state index < -0.39 is 0 Å². The van der Waals surface area contributed by atoms with Gasteiger partial charge in [0.25, 0.3) is 5.91 Å². The number of carbonyl (C=O) groups excluding carboxylic acids is 1. The van der Waals surface area contributed by atoms with E-state index in [-0.39, 0.29) is 5.91 Å². The molecule has 1 amide bonds. The second-order valence-electron chi connectivity index (χ2n) is 4.27. The zero-order chi connectivity index (χ0) is 14.5. The summed E-state index contributed by atoms with van der Waals surface area (Å²) in [5, 5.41) is 5.82. The number of nitrogens with zero attached hydrogens (tertiary/aromatic N) is 1. The van der Waals surface area contributed by atoms with Crippen molar-refractivity contribution in [2.45, 2.75) is 13.8 Å². The SMILES string of the molecule is COc1ccccc1/C=N\NC(=O)c1csc(C)c1C. The number of para-hydroxylation sites is 1. The number of carbonyl (C=O) groups is 1. The summed E-state index contributed by atoms with van der Waals surface area (Å²) < 4.78 is 5.21. The first kappa shape index (κ1) is 14.3. The van der Waals surface area contributed by atoms with Crippen molar-refractivity contribution in [3.05, 3.63) is 51.2 Å². The van der Waals surface area contributed by atoms with E-state index in [2.05, 4.69) is 10.5 Å². The number of ether oxygens (including phenoxy) is 1. The molecular formula is C15H16N2O2S. The summed E-state index contributed by atoms with van der Waals surface area (Å²) in [6.07, 6.45) is 1.57. The van der Waals surface area contributed by atoms with Crippen LogP contribution in [0.2, 0.25) is 0 Å². The number of aryl methyl sites for hydroxylation is 1. The lowest BCUT2D eigenvalue weighted by molar-refractivity contribution is 0.0955. The van der Waals surface area contributed by atoms with Gasteiger partial charge < -0.3 is 4.74 Å². The Bertz CT molecular complexity index is 647. The van der Waals surface area contributed by atoms with Crippen LogP contribution in [0.3, 0.4) is 0 Å². The first-order valence-corrected chi connectivity index (χ1v) is 7.02. The molecule has 0 radical (unpaired) electrons. The van der Waals surface area contributed by atoms with Gasteiger partial charge in [0.1, 0.15) is 5.75 Å². The second-order valence-corrected chi connectivity index (χ2v) is 5.36. The van der Waals surface area contributed by atoms with Gasteiger partial charge in [0.2, 0.25) is 0 Å². The van der Waals surface area contributed by atoms with Crippen molar-refractivity contribution in [3.63, 3.8) is 0 Å². The van der Waals surface area contributed by atoms with Crippen LogP contribution in [0.15, 0.2) is 34.7 Å². The molecule has 0 saturated heterocycles. The molecule has 0 spiro atoms. The predicted molar refractivity (Wildman–Crippen MR) is 81.8 cm³/mol. The van der Waals surface area contributed by atoms with Crippen LogP contribution < -0.4 is 10.2 Å². The smallest absolute Gasteiger partial charge is 0.272 e. The molecule has 20 heavy (non-hydrogen) atoms. The van der Waals surface area contributed by atoms with Crippen LogP contribution in [0.1, 0.15) is 26.4 Å². The van der Waals surface area contributed by atoms with Gasteiger partial charge in [-0.2, -0.15) is 5.10 Å². The highest BCUT2D eigenvalue weighted by molar-refractivity contribution is 7.10. The molecule has 0 aliphatic heterocycles. The number of nitrogens with one attached hydrogen (secondary N) is 1. The summed E-state index contributed by atoms with van der Waals surface area (Å²) in [5.41, 5.74) is 5.02. The molecule has 1 heterocycles. The van der Waals surface area contributed by atoms with Crippen molar-refractivity contribution in [1.29, 1.82) is 0 Å². The van der Waals surface area contributed by atoms with Crippen molar-refractivity contribution in [1.82, 2.24) is 5.43 Å². The third-order valence-electron chi connectivity index (χ3n) is 3.04. The normalized spacial score (nSPS) is 10.8. The number of hydrogen-bond acceptors (Lipinski definition) is 4. The minimum atomic E-state index is -0.196. The minimum absolute atomic E-state index is 0.196. The van der Waals surface area contributed by atoms with Crippen LogP contribution in [-0.4, -0.2) is 19.2 Å². The minimum Gasteiger partial charge on any atom is -0.496 e. The fourth-order valence-corrected chi connectivity index (χ4v) is 2.60. The van der Waals surface area contributed by atoms with Crippen LogP contribution in [0.5, 0.6) is 5.75 Å². The van der Waals surface area contributed by atoms with Crippen molar-refractivity contribution in [3.8, 4) is 5.75 Å². The third-order valence-corrected chi connectivity index (χ3v) is 4.05. The van der Waals surface area contributed by atoms with E-state index in [1.54, 1.807) is 24.7 Å². The van der Waals surface area contributed by atoms with E-state index in [9.17, 15) is 4.79 Å². The van der Waals surface area contributed by atoms with Crippen molar-refractivity contribution >= 4 is 23.5 Å². The number of rotatable bonds is 4. The van der Waals surface area contributed by atoms with Crippen molar-refractivity contribution in [2.75, 3.05) is 7.11 Å². The molecule has 4 nitrogen and oxygen atoms in total. The molecule has 1 N–H and O–H groups in total. The Kier molecular flexibility index (Phi) is 4.53. The fourth-order valence-electron chi connectivity index (χ4n) is 1.73. The highest BCUT2D eigenvalue weighted by atomic mass is 32.1. The Morgan fingerprint density at radius 1 is 1.35 bits per heavy atom. The zero-order valence-electron chi connectivity index (χ0n) is 11.6. The summed E-state index contributed by atoms with van der Waals surface area (Å²) in [4.78, 5) is 13.1. The zero-order valence-corrected chi connectivity index (χ0v) is 12.5. The van der Waals surface area contributed by atoms with Gasteiger partial charge in [-0.3, -0.25) is 4.79 Å². The summed E-state index contributed by atoms with van der Waals surface area (Å²) in [6.45, 7) is 3.93. The lowest BCUT2D eigenvalue weighted by atomic mass is 10.2. The molecule has 2 aromatic rings. The van der Waals surface area contributed by atoms with Gasteiger partial charge in [-0.05, 0) is 31.5 Å². The Balaban J connectivity index is 2.07. The molecule has 1 aromatic carbocycles. The van der Waals surface area contributed by atoms with E-state index in [0.717, 1.165) is 16.0 Å². The highest BCUT2D eigenvalue weighted by Gasteiger charge is 2.11. The van der Waals surface area contributed by atoms with Crippen molar-refractivity contribution < 1.29 is 9.53 Å². The maximum absolute atomic E-state index is 12.0. The van der Waals surface area contributed by atoms with Gasteiger partial charge in [-0.15, -0.1) is 11.3 Å². The topological polar surface area (TPSA) is 50.7 Å². The lowest BCUT2D eigenvalue weighted by Crippen LogP contribution is -2.17. The molecule has 2 rings (SSSR count). The van der Waals surface area contributed by atoms with Crippen molar-refractivity contribution in [2.24, 2.45) is 5.10 Å². The van der Waals surface area contributed by atoms with Gasteiger partial charge in [0.15, 0.2) is 0 Å². The number of benzene rings is 1. The molecule has 0 saturated carbocycles. The average Bonchev–Trinajstić information content (AvgIpc) is 2.79. The Morgan fingerprint density at radius 3 is 2.75 bits per heavy atom. The van der Waals surface area contributed by atoms with Crippen LogP contribution in [0.25, 0.3) is 0 Å². The molecule has 1 aromatic heterocycles. The van der Waals surface area contributed by atoms with Crippen LogP contribution >= 0.6 is 11.3 Å². The molecule has 0 unspecified atom stereocenters. The molecule has 0 bridgehead atoms. The highest BCUT2D eigenvalue weighted by Crippen LogP contribution is 2.20. The van der Waals surface area contributed by atoms with Gasteiger partial charge >= 0.3 is 0 Å². The molecule has 104 valence electrons. The Hall–Kier alpha value is -2.14. The summed E-state index contributed by atoms with van der Waals surface area (Å²) >= 11 is 1.56. The van der Waals surface area contributed by atoms with Gasteiger partial charge in [-0.1, -0.05) is 12.1 Å². The van der Waals surface area contributed by atoms with Gasteiger partial charge in [-0.25, -0.2) is 5.43 Å². The molecule has 5 heteroatoms. The van der Waals surface area contributed by atoms with E-state index >= 15 is 0 Å². The summed E-state index contributed by atoms with van der Waals surface area (Å²) in [5.74, 6) is 0.519. The number of amides is 1. The van der Waals surface area contributed by atoms with E-state index in [0.29, 0.717) is 11.3 Å². The first-order chi connectivity index (χ1) is 9.63. The average molecular weight is 288 g/mol. The summed E-state index contributed by atoms with van der Waals surface area (Å²) in [7, 11) is 1.60. The predicted octanol–water partition coefficient (Wildman–Crippen LogP) is 3.14. The molecular weight excluding hydrogens is 272 g/mol. The van der Waals surface area contributed by atoms with E-state index in [4.69, 9.17) is 4.74 Å². The Labute approximate surface area is 122 Å². The number of thiophene rings is 1. The van der Waals surface area contributed by atoms with Gasteiger partial charge in [0, 0.05) is 15.8 Å². The van der Waals surface area contributed by atoms with Crippen LogP contribution in [-0.2, 0) is 0 Å². The quantitative estimate of drug-likeness (QED) is 0.694. The largest absolute Gasteiger partial charge is 0.496 e. The maximum Gasteiger partial charge on any atom is 0.272 e. The van der Waals surface area contributed by atoms with E-state index in [1.165, 1.54) is 0 Å². The maximum atomic E-state index is 12.0. The molecule has 0 aliphatic carbocycles. The Morgan fingerprint density at radius 2 is 2.10 bits per heavy atom. The molecule has 0 atom stereocenters. The summed E-state index contributed by atoms with van der Waals surface area (Å²) in [6, 6.07) is 7.48. The number of hydrazone groups is 1. The third kappa shape index (κ3) is 3.05. The first-order valence-electron chi connectivity index (χ1n) is 6.14. The fraction of sp³-hybridized carbons (Fsp3) is 0.200. The van der Waals surface area contributed by atoms with Crippen LogP contribution in [0, 0.1) is 13.8 Å². The second kappa shape index (κ2) is 6.34. The lowest BCUT2D eigenvalue weighted by Gasteiger charge is -2.03. The van der Waals surface area contributed by atoms with Gasteiger partial charge in [0.05, 0.1) is 18.9 Å². The number of methoxy groups -OCH3 is 1. The standard InChI is InChI=1S/C15H16N2O2S/c1-10-11(2)20-9-13(10)15(18)17-16-8-12-6-4-5-7-14(12)19-3/h4-9H,1-3H3,(H,17,18)/b16-8-. The molecule has 0 aliphatic rings. The number of hydrogen-bond donors (Lipinski definition) is 1. The van der Waals surface area contributed by atoms with E-state index in [1.807, 2.05) is 43.5 Å². The molecule has 0 fully saturated rings. The monoisotopic (exact) mass is 288 g/mol. The van der Waals surface area contributed by atoms with Crippen LogP contribution in [0.4, 0.5) is 0 Å².